The van der Waals surface area contributed by atoms with Gasteiger partial charge in [0.05, 0.1) is 19.8 Å². The highest BCUT2D eigenvalue weighted by molar-refractivity contribution is 6.13. The molecule has 0 unspecified atom stereocenters. The number of hydrogen-bond acceptors (Lipinski definition) is 5. The number of rotatable bonds is 8. The van der Waals surface area contributed by atoms with Crippen LogP contribution >= 0.6 is 0 Å². The Bertz CT molecular complexity index is 250. The van der Waals surface area contributed by atoms with Crippen LogP contribution in [-0.4, -0.2) is 31.8 Å². The molecule has 0 aliphatic carbocycles. The van der Waals surface area contributed by atoms with E-state index in [9.17, 15) is 9.59 Å². The normalized spacial score (nSPS) is 9.35. The van der Waals surface area contributed by atoms with Gasteiger partial charge in [-0.25, -0.2) is 9.59 Å². The van der Waals surface area contributed by atoms with Gasteiger partial charge in [0, 0.05) is 0 Å². The molecule has 0 aromatic rings. The van der Waals surface area contributed by atoms with Crippen molar-refractivity contribution in [2.45, 2.75) is 33.6 Å². The van der Waals surface area contributed by atoms with E-state index < -0.39 is 11.9 Å². The van der Waals surface area contributed by atoms with Gasteiger partial charge in [-0.2, -0.15) is 0 Å². The van der Waals surface area contributed by atoms with Crippen LogP contribution in [0.1, 0.15) is 33.6 Å². The molecule has 0 spiro atoms. The molecule has 98 valence electrons. The molecule has 0 saturated carbocycles. The van der Waals surface area contributed by atoms with Crippen LogP contribution in [0.4, 0.5) is 0 Å². The fourth-order valence-corrected chi connectivity index (χ4v) is 0.967. The topological polar surface area (TPSA) is 61.8 Å². The van der Waals surface area contributed by atoms with Crippen LogP contribution in [-0.2, 0) is 23.8 Å². The lowest BCUT2D eigenvalue weighted by Crippen LogP contribution is -2.18. The lowest BCUT2D eigenvalue weighted by Gasteiger charge is -2.06. The van der Waals surface area contributed by atoms with Gasteiger partial charge in [0.15, 0.2) is 5.57 Å². The molecule has 17 heavy (non-hydrogen) atoms. The Hall–Kier alpha value is -1.52. The van der Waals surface area contributed by atoms with Gasteiger partial charge in [0.25, 0.3) is 0 Å². The molecule has 0 aromatic heterocycles. The predicted octanol–water partition coefficient (Wildman–Crippen LogP) is 1.81. The zero-order valence-corrected chi connectivity index (χ0v) is 10.7. The first kappa shape index (κ1) is 15.5. The zero-order chi connectivity index (χ0) is 13.1. The van der Waals surface area contributed by atoms with Crippen LogP contribution in [0, 0.1) is 0 Å². The second-order valence-electron chi connectivity index (χ2n) is 3.20. The van der Waals surface area contributed by atoms with Crippen LogP contribution in [0.5, 0.6) is 0 Å². The number of hydrogen-bond donors (Lipinski definition) is 0. The van der Waals surface area contributed by atoms with Crippen LogP contribution in [0.3, 0.4) is 0 Å². The van der Waals surface area contributed by atoms with Crippen molar-refractivity contribution < 1.29 is 23.8 Å². The predicted molar refractivity (Wildman–Crippen MR) is 62.2 cm³/mol. The maximum atomic E-state index is 11.5. The summed E-state index contributed by atoms with van der Waals surface area (Å²) in [6.07, 6.45) is 2.95. The Morgan fingerprint density at radius 1 is 1.00 bits per heavy atom. The average Bonchev–Trinajstić information content (AvgIpc) is 2.29. The standard InChI is InChI=1S/C12H20O5/c1-4-7-8-15-9-10(11(13)16-5-2)12(14)17-6-3/h9H,4-8H2,1-3H3. The molecule has 0 N–H and O–H groups in total. The molecule has 0 heterocycles. The van der Waals surface area contributed by atoms with Crippen molar-refractivity contribution in [3.8, 4) is 0 Å². The van der Waals surface area contributed by atoms with Gasteiger partial charge in [-0.1, -0.05) is 13.3 Å². The lowest BCUT2D eigenvalue weighted by molar-refractivity contribution is -0.146. The van der Waals surface area contributed by atoms with Crippen LogP contribution in [0.2, 0.25) is 0 Å². The molecule has 0 fully saturated rings. The van der Waals surface area contributed by atoms with Gasteiger partial charge >= 0.3 is 11.9 Å². The summed E-state index contributed by atoms with van der Waals surface area (Å²) in [5.74, 6) is -1.44. The maximum Gasteiger partial charge on any atom is 0.348 e. The monoisotopic (exact) mass is 244 g/mol. The number of carbonyl (C=O) groups is 2. The summed E-state index contributed by atoms with van der Waals surface area (Å²) in [6.45, 7) is 6.20. The molecular weight excluding hydrogens is 224 g/mol. The molecule has 0 aliphatic heterocycles. The highest BCUT2D eigenvalue weighted by Crippen LogP contribution is 2.03. The Morgan fingerprint density at radius 2 is 1.53 bits per heavy atom. The van der Waals surface area contributed by atoms with Gasteiger partial charge < -0.3 is 14.2 Å². The van der Waals surface area contributed by atoms with Crippen molar-refractivity contribution in [2.24, 2.45) is 0 Å². The highest BCUT2D eigenvalue weighted by atomic mass is 16.6. The van der Waals surface area contributed by atoms with Crippen molar-refractivity contribution in [1.29, 1.82) is 0 Å². The minimum atomic E-state index is -0.720. The van der Waals surface area contributed by atoms with Crippen molar-refractivity contribution in [3.63, 3.8) is 0 Å². The number of carbonyl (C=O) groups excluding carboxylic acids is 2. The zero-order valence-electron chi connectivity index (χ0n) is 10.7. The third-order valence-electron chi connectivity index (χ3n) is 1.81. The summed E-state index contributed by atoms with van der Waals surface area (Å²) in [6, 6.07) is 0. The van der Waals surface area contributed by atoms with E-state index in [0.29, 0.717) is 6.61 Å². The van der Waals surface area contributed by atoms with E-state index in [-0.39, 0.29) is 18.8 Å². The summed E-state index contributed by atoms with van der Waals surface area (Å²) in [5.41, 5.74) is -0.204. The Balaban J connectivity index is 4.48. The number of esters is 2. The number of ether oxygens (including phenoxy) is 3. The molecule has 0 aliphatic rings. The average molecular weight is 244 g/mol. The number of unbranched alkanes of at least 4 members (excludes halogenated alkanes) is 1. The molecule has 0 rings (SSSR count). The molecule has 0 radical (unpaired) electrons. The molecule has 5 heteroatoms. The van der Waals surface area contributed by atoms with Crippen LogP contribution in [0.15, 0.2) is 11.8 Å². The molecule has 0 bridgehead atoms. The van der Waals surface area contributed by atoms with Gasteiger partial charge in [-0.3, -0.25) is 0 Å². The maximum absolute atomic E-state index is 11.5. The van der Waals surface area contributed by atoms with Crippen LogP contribution in [0.25, 0.3) is 0 Å². The van der Waals surface area contributed by atoms with Gasteiger partial charge in [0.1, 0.15) is 6.26 Å². The molecule has 0 atom stereocenters. The first-order valence-corrected chi connectivity index (χ1v) is 5.83. The van der Waals surface area contributed by atoms with E-state index in [4.69, 9.17) is 14.2 Å². The van der Waals surface area contributed by atoms with Gasteiger partial charge in [-0.05, 0) is 20.3 Å². The first-order chi connectivity index (χ1) is 8.17. The van der Waals surface area contributed by atoms with E-state index in [0.717, 1.165) is 19.1 Å². The second kappa shape index (κ2) is 9.69. The molecular formula is C12H20O5. The second-order valence-corrected chi connectivity index (χ2v) is 3.20. The van der Waals surface area contributed by atoms with Crippen molar-refractivity contribution >= 4 is 11.9 Å². The van der Waals surface area contributed by atoms with E-state index in [1.165, 1.54) is 0 Å². The minimum absolute atomic E-state index is 0.199. The van der Waals surface area contributed by atoms with Gasteiger partial charge in [0.2, 0.25) is 0 Å². The van der Waals surface area contributed by atoms with E-state index in [1.54, 1.807) is 13.8 Å². The highest BCUT2D eigenvalue weighted by Gasteiger charge is 2.21. The molecule has 5 nitrogen and oxygen atoms in total. The van der Waals surface area contributed by atoms with E-state index in [1.807, 2.05) is 6.92 Å². The SMILES string of the molecule is CCCCOC=C(C(=O)OCC)C(=O)OCC. The van der Waals surface area contributed by atoms with Crippen LogP contribution < -0.4 is 0 Å². The summed E-state index contributed by atoms with van der Waals surface area (Å²) in [4.78, 5) is 22.9. The van der Waals surface area contributed by atoms with Crippen molar-refractivity contribution in [1.82, 2.24) is 0 Å². The quantitative estimate of drug-likeness (QED) is 0.163. The third kappa shape index (κ3) is 6.60. The van der Waals surface area contributed by atoms with Crippen molar-refractivity contribution in [2.75, 3.05) is 19.8 Å². The van der Waals surface area contributed by atoms with Gasteiger partial charge in [-0.15, -0.1) is 0 Å². The summed E-state index contributed by atoms with van der Waals surface area (Å²) in [5, 5.41) is 0. The summed E-state index contributed by atoms with van der Waals surface area (Å²) in [7, 11) is 0. The first-order valence-electron chi connectivity index (χ1n) is 5.83. The molecule has 0 amide bonds. The van der Waals surface area contributed by atoms with Crippen molar-refractivity contribution in [3.05, 3.63) is 11.8 Å². The molecule has 0 saturated heterocycles. The Labute approximate surface area is 102 Å². The minimum Gasteiger partial charge on any atom is -0.500 e. The largest absolute Gasteiger partial charge is 0.500 e. The lowest BCUT2D eigenvalue weighted by atomic mass is 10.3. The van der Waals surface area contributed by atoms with E-state index in [2.05, 4.69) is 0 Å². The smallest absolute Gasteiger partial charge is 0.348 e. The fourth-order valence-electron chi connectivity index (χ4n) is 0.967. The fraction of sp³-hybridized carbons (Fsp3) is 0.667. The Kier molecular flexibility index (Phi) is 8.82. The Morgan fingerprint density at radius 3 is 1.94 bits per heavy atom. The van der Waals surface area contributed by atoms with E-state index >= 15 is 0 Å². The summed E-state index contributed by atoms with van der Waals surface area (Å²) < 4.78 is 14.6. The third-order valence-corrected chi connectivity index (χ3v) is 1.81. The molecule has 0 aromatic carbocycles. The summed E-state index contributed by atoms with van der Waals surface area (Å²) >= 11 is 0.